The molecule has 1 aromatic heterocycles. The second kappa shape index (κ2) is 12.5. The minimum atomic E-state index is -4.64. The Balaban J connectivity index is 0.000000542. The Bertz CT molecular complexity index is 842. The summed E-state index contributed by atoms with van der Waals surface area (Å²) >= 11 is 1.75. The van der Waals surface area contributed by atoms with E-state index in [0.717, 1.165) is 18.7 Å². The van der Waals surface area contributed by atoms with Crippen LogP contribution >= 0.6 is 19.2 Å². The summed E-state index contributed by atoms with van der Waals surface area (Å²) in [5.41, 5.74) is 0. The van der Waals surface area contributed by atoms with Crippen LogP contribution in [0.1, 0.15) is 17.4 Å². The van der Waals surface area contributed by atoms with Gasteiger partial charge in [0.1, 0.15) is 11.9 Å². The fraction of sp³-hybridized carbons (Fsp3) is 0.222. The summed E-state index contributed by atoms with van der Waals surface area (Å²) in [6.07, 6.45) is 1.06. The number of rotatable bonds is 6. The molecule has 0 spiro atoms. The van der Waals surface area contributed by atoms with Gasteiger partial charge in [-0.15, -0.1) is 11.3 Å². The second-order valence-corrected chi connectivity index (χ2v) is 7.51. The van der Waals surface area contributed by atoms with Crippen molar-refractivity contribution in [1.82, 2.24) is 5.32 Å². The molecule has 0 bridgehead atoms. The molecule has 0 fully saturated rings. The third-order valence-corrected chi connectivity index (χ3v) is 4.50. The van der Waals surface area contributed by atoms with Crippen molar-refractivity contribution in [1.29, 1.82) is 0 Å². The summed E-state index contributed by atoms with van der Waals surface area (Å²) in [4.78, 5) is 22.8. The standard InChI is InChI=1S/C18H19NOS.K.H3O4P.H/c1-19-12-11-17(18-10-5-13-21-18)20-16-9-4-7-14-6-2-3-8-15(14)16;;1-5(2,3)4;/h2-10,13,17,19H,11-12H2,1H3;;(H3,1,2,3,4);. The Morgan fingerprint density at radius 3 is 2.37 bits per heavy atom. The van der Waals surface area contributed by atoms with Gasteiger partial charge in [-0.3, -0.25) is 0 Å². The first-order valence-corrected chi connectivity index (χ1v) is 10.4. The molecule has 0 saturated heterocycles. The van der Waals surface area contributed by atoms with Gasteiger partial charge >= 0.3 is 59.2 Å². The molecule has 3 rings (SSSR count). The molecule has 6 nitrogen and oxygen atoms in total. The Morgan fingerprint density at radius 1 is 1.07 bits per heavy atom. The van der Waals surface area contributed by atoms with Crippen LogP contribution in [0.5, 0.6) is 5.75 Å². The third-order valence-electron chi connectivity index (χ3n) is 3.54. The monoisotopic (exact) mass is 435 g/mol. The number of benzene rings is 2. The Morgan fingerprint density at radius 2 is 1.74 bits per heavy atom. The molecule has 0 aliphatic rings. The van der Waals surface area contributed by atoms with Gasteiger partial charge in [-0.25, -0.2) is 4.57 Å². The second-order valence-electron chi connectivity index (χ2n) is 5.50. The van der Waals surface area contributed by atoms with Gasteiger partial charge in [-0.05, 0) is 36.5 Å². The van der Waals surface area contributed by atoms with Crippen molar-refractivity contribution < 1.29 is 24.0 Å². The molecule has 0 radical (unpaired) electrons. The van der Waals surface area contributed by atoms with E-state index in [2.05, 4.69) is 65.3 Å². The minimum absolute atomic E-state index is 0. The van der Waals surface area contributed by atoms with E-state index in [4.69, 9.17) is 24.0 Å². The van der Waals surface area contributed by atoms with Crippen LogP contribution < -0.4 is 10.1 Å². The first-order chi connectivity index (χ1) is 12.4. The van der Waals surface area contributed by atoms with E-state index in [1.807, 2.05) is 7.05 Å². The van der Waals surface area contributed by atoms with Gasteiger partial charge in [0.25, 0.3) is 0 Å². The van der Waals surface area contributed by atoms with Crippen molar-refractivity contribution in [2.75, 3.05) is 13.6 Å². The molecule has 1 unspecified atom stereocenters. The summed E-state index contributed by atoms with van der Waals surface area (Å²) in [5, 5.41) is 7.70. The van der Waals surface area contributed by atoms with Crippen LogP contribution in [0.25, 0.3) is 10.8 Å². The van der Waals surface area contributed by atoms with E-state index in [1.165, 1.54) is 15.6 Å². The molecular formula is C18H23KNO5PS. The molecule has 0 saturated carbocycles. The molecule has 0 amide bonds. The summed E-state index contributed by atoms with van der Waals surface area (Å²) < 4.78 is 15.2. The van der Waals surface area contributed by atoms with Crippen molar-refractivity contribution in [3.63, 3.8) is 0 Å². The molecule has 2 aromatic carbocycles. The number of ether oxygens (including phenoxy) is 1. The SMILES string of the molecule is CNCCC(Oc1cccc2ccccc12)c1cccs1.O=P(O)(O)O.[KH]. The van der Waals surface area contributed by atoms with E-state index < -0.39 is 7.82 Å². The van der Waals surface area contributed by atoms with Crippen LogP contribution in [0, 0.1) is 0 Å². The molecule has 0 aliphatic carbocycles. The zero-order valence-electron chi connectivity index (χ0n) is 14.3. The number of nitrogens with one attached hydrogen (secondary N) is 1. The molecule has 1 atom stereocenters. The molecule has 0 aliphatic heterocycles. The normalized spacial score (nSPS) is 11.9. The Kier molecular flexibility index (Phi) is 11.5. The molecular weight excluding hydrogens is 412 g/mol. The van der Waals surface area contributed by atoms with Gasteiger partial charge < -0.3 is 24.7 Å². The number of fused-ring (bicyclic) bond motifs is 1. The van der Waals surface area contributed by atoms with Crippen molar-refractivity contribution in [2.24, 2.45) is 0 Å². The van der Waals surface area contributed by atoms with Crippen LogP contribution in [0.3, 0.4) is 0 Å². The quantitative estimate of drug-likeness (QED) is 0.351. The van der Waals surface area contributed by atoms with Crippen molar-refractivity contribution in [3.05, 3.63) is 64.9 Å². The zero-order chi connectivity index (χ0) is 19.0. The average Bonchev–Trinajstić information content (AvgIpc) is 3.12. The molecule has 9 heteroatoms. The number of phosphoric acid groups is 1. The van der Waals surface area contributed by atoms with Gasteiger partial charge in [0, 0.05) is 16.7 Å². The summed E-state index contributed by atoms with van der Waals surface area (Å²) in [6.45, 7) is 0.938. The van der Waals surface area contributed by atoms with Crippen LogP contribution in [-0.4, -0.2) is 79.7 Å². The number of hydrogen-bond acceptors (Lipinski definition) is 4. The van der Waals surface area contributed by atoms with E-state index >= 15 is 0 Å². The van der Waals surface area contributed by atoms with E-state index in [0.29, 0.717) is 0 Å². The molecule has 4 N–H and O–H groups in total. The van der Waals surface area contributed by atoms with Gasteiger partial charge in [-0.2, -0.15) is 0 Å². The maximum absolute atomic E-state index is 8.88. The predicted octanol–water partition coefficient (Wildman–Crippen LogP) is 3.05. The Labute approximate surface area is 205 Å². The van der Waals surface area contributed by atoms with E-state index in [9.17, 15) is 0 Å². The first kappa shape index (κ1) is 24.9. The van der Waals surface area contributed by atoms with E-state index in [1.54, 1.807) is 11.3 Å². The van der Waals surface area contributed by atoms with Crippen molar-refractivity contribution >= 4 is 81.3 Å². The van der Waals surface area contributed by atoms with Crippen LogP contribution in [-0.2, 0) is 4.57 Å². The fourth-order valence-corrected chi connectivity index (χ4v) is 3.25. The van der Waals surface area contributed by atoms with Crippen LogP contribution in [0.4, 0.5) is 0 Å². The predicted molar refractivity (Wildman–Crippen MR) is 112 cm³/mol. The zero-order valence-corrected chi connectivity index (χ0v) is 16.0. The third kappa shape index (κ3) is 9.30. The fourth-order valence-electron chi connectivity index (χ4n) is 2.46. The first-order valence-electron chi connectivity index (χ1n) is 7.99. The Hall–Kier alpha value is -0.0936. The van der Waals surface area contributed by atoms with Gasteiger partial charge in [0.2, 0.25) is 0 Å². The van der Waals surface area contributed by atoms with Crippen molar-refractivity contribution in [3.8, 4) is 5.75 Å². The van der Waals surface area contributed by atoms with E-state index in [-0.39, 0.29) is 57.5 Å². The average molecular weight is 436 g/mol. The summed E-state index contributed by atoms with van der Waals surface area (Å²) in [6, 6.07) is 18.8. The summed E-state index contributed by atoms with van der Waals surface area (Å²) in [5.74, 6) is 0.961. The van der Waals surface area contributed by atoms with Crippen molar-refractivity contribution in [2.45, 2.75) is 12.5 Å². The van der Waals surface area contributed by atoms with Crippen LogP contribution in [0.2, 0.25) is 0 Å². The van der Waals surface area contributed by atoms with Gasteiger partial charge in [0.05, 0.1) is 0 Å². The number of hydrogen-bond donors (Lipinski definition) is 4. The molecule has 3 aromatic rings. The topological polar surface area (TPSA) is 99.0 Å². The van der Waals surface area contributed by atoms with Crippen LogP contribution in [0.15, 0.2) is 60.0 Å². The molecule has 142 valence electrons. The number of thiophene rings is 1. The molecule has 1 heterocycles. The summed E-state index contributed by atoms with van der Waals surface area (Å²) in [7, 11) is -2.66. The van der Waals surface area contributed by atoms with Gasteiger partial charge in [0.15, 0.2) is 0 Å². The van der Waals surface area contributed by atoms with Gasteiger partial charge in [-0.1, -0.05) is 42.5 Å². The maximum atomic E-state index is 8.88. The molecule has 27 heavy (non-hydrogen) atoms.